The van der Waals surface area contributed by atoms with Gasteiger partial charge in [0.1, 0.15) is 6.04 Å². The lowest BCUT2D eigenvalue weighted by molar-refractivity contribution is -0.141. The molecule has 0 saturated heterocycles. The van der Waals surface area contributed by atoms with Crippen molar-refractivity contribution in [3.05, 3.63) is 64.7 Å². The first-order valence-corrected chi connectivity index (χ1v) is 13.3. The molecule has 1 aliphatic rings. The van der Waals surface area contributed by atoms with Gasteiger partial charge in [-0.3, -0.25) is 9.59 Å². The molecule has 6 heteroatoms. The highest BCUT2D eigenvalue weighted by Gasteiger charge is 2.27. The molecule has 1 atom stereocenters. The maximum atomic E-state index is 13.2. The summed E-state index contributed by atoms with van der Waals surface area (Å²) in [7, 11) is 0. The predicted molar refractivity (Wildman–Crippen MR) is 138 cm³/mol. The van der Waals surface area contributed by atoms with Gasteiger partial charge in [0.2, 0.25) is 11.8 Å². The molecule has 1 fully saturated rings. The van der Waals surface area contributed by atoms with Gasteiger partial charge in [-0.2, -0.15) is 0 Å². The Kier molecular flexibility index (Phi) is 10.1. The van der Waals surface area contributed by atoms with Crippen molar-refractivity contribution >= 4 is 35.2 Å². The Hall–Kier alpha value is -1.98. The highest BCUT2D eigenvalue weighted by atomic mass is 35.5. The van der Waals surface area contributed by atoms with Crippen LogP contribution in [0, 0.1) is 6.92 Å². The fourth-order valence-electron chi connectivity index (χ4n) is 4.25. The van der Waals surface area contributed by atoms with Gasteiger partial charge in [0, 0.05) is 28.9 Å². The van der Waals surface area contributed by atoms with Crippen molar-refractivity contribution in [2.75, 3.05) is 5.75 Å². The minimum atomic E-state index is -0.496. The minimum Gasteiger partial charge on any atom is -0.352 e. The van der Waals surface area contributed by atoms with Crippen LogP contribution in [0.2, 0.25) is 5.02 Å². The Morgan fingerprint density at radius 2 is 1.85 bits per heavy atom. The molecule has 33 heavy (non-hydrogen) atoms. The van der Waals surface area contributed by atoms with E-state index in [0.29, 0.717) is 13.0 Å². The van der Waals surface area contributed by atoms with Gasteiger partial charge < -0.3 is 10.2 Å². The zero-order chi connectivity index (χ0) is 23.6. The molecule has 1 saturated carbocycles. The van der Waals surface area contributed by atoms with Crippen molar-refractivity contribution in [1.29, 1.82) is 0 Å². The Morgan fingerprint density at radius 1 is 1.12 bits per heavy atom. The summed E-state index contributed by atoms with van der Waals surface area (Å²) in [6.45, 7) is 4.35. The van der Waals surface area contributed by atoms with Crippen LogP contribution in [0.3, 0.4) is 0 Å². The molecule has 1 N–H and O–H groups in total. The normalized spacial score (nSPS) is 15.1. The number of rotatable bonds is 10. The van der Waals surface area contributed by atoms with E-state index >= 15 is 0 Å². The van der Waals surface area contributed by atoms with Crippen molar-refractivity contribution in [3.63, 3.8) is 0 Å². The first-order valence-electron chi connectivity index (χ1n) is 12.0. The molecule has 0 unspecified atom stereocenters. The lowest BCUT2D eigenvalue weighted by Crippen LogP contribution is -2.50. The summed E-state index contributed by atoms with van der Waals surface area (Å²) >= 11 is 7.67. The topological polar surface area (TPSA) is 49.4 Å². The van der Waals surface area contributed by atoms with Crippen molar-refractivity contribution in [2.45, 2.75) is 82.3 Å². The molecular weight excluding hydrogens is 452 g/mol. The number of hydrogen-bond acceptors (Lipinski definition) is 3. The third-order valence-corrected chi connectivity index (χ3v) is 7.52. The third kappa shape index (κ3) is 8.38. The van der Waals surface area contributed by atoms with E-state index in [0.717, 1.165) is 58.9 Å². The molecule has 0 spiro atoms. The molecule has 3 rings (SSSR count). The van der Waals surface area contributed by atoms with E-state index < -0.39 is 6.04 Å². The second kappa shape index (κ2) is 13.0. The van der Waals surface area contributed by atoms with Gasteiger partial charge in [-0.1, -0.05) is 60.7 Å². The summed E-state index contributed by atoms with van der Waals surface area (Å²) in [5, 5.41) is 3.92. The van der Waals surface area contributed by atoms with Crippen LogP contribution in [0.5, 0.6) is 0 Å². The van der Waals surface area contributed by atoms with Crippen LogP contribution in [0.25, 0.3) is 0 Å². The SMILES string of the molecule is Cc1cccc(CN(C(=O)CCCSc2ccc(Cl)cc2)[C@H](C)C(=O)NC2CCCCC2)c1. The van der Waals surface area contributed by atoms with Crippen molar-refractivity contribution in [3.8, 4) is 0 Å². The van der Waals surface area contributed by atoms with Gasteiger partial charge in [-0.05, 0) is 68.7 Å². The molecule has 0 heterocycles. The van der Waals surface area contributed by atoms with Crippen LogP contribution in [0.4, 0.5) is 0 Å². The zero-order valence-electron chi connectivity index (χ0n) is 19.7. The summed E-state index contributed by atoms with van der Waals surface area (Å²) < 4.78 is 0. The Balaban J connectivity index is 1.60. The largest absolute Gasteiger partial charge is 0.352 e. The highest BCUT2D eigenvalue weighted by Crippen LogP contribution is 2.22. The number of aryl methyl sites for hydroxylation is 1. The van der Waals surface area contributed by atoms with Crippen LogP contribution < -0.4 is 5.32 Å². The zero-order valence-corrected chi connectivity index (χ0v) is 21.3. The van der Waals surface area contributed by atoms with E-state index in [2.05, 4.69) is 11.4 Å². The van der Waals surface area contributed by atoms with E-state index in [9.17, 15) is 9.59 Å². The number of nitrogens with zero attached hydrogens (tertiary/aromatic N) is 1. The minimum absolute atomic E-state index is 0.0273. The molecular formula is C27H35ClN2O2S. The Labute approximate surface area is 207 Å². The number of nitrogens with one attached hydrogen (secondary N) is 1. The van der Waals surface area contributed by atoms with Gasteiger partial charge in [0.15, 0.2) is 0 Å². The number of carbonyl (C=O) groups excluding carboxylic acids is 2. The monoisotopic (exact) mass is 486 g/mol. The smallest absolute Gasteiger partial charge is 0.242 e. The van der Waals surface area contributed by atoms with Gasteiger partial charge in [0.05, 0.1) is 0 Å². The molecule has 4 nitrogen and oxygen atoms in total. The summed E-state index contributed by atoms with van der Waals surface area (Å²) in [5.74, 6) is 0.826. The lowest BCUT2D eigenvalue weighted by atomic mass is 9.95. The number of hydrogen-bond donors (Lipinski definition) is 1. The fourth-order valence-corrected chi connectivity index (χ4v) is 5.23. The van der Waals surface area contributed by atoms with E-state index in [1.165, 1.54) is 6.42 Å². The van der Waals surface area contributed by atoms with Crippen LogP contribution in [0.15, 0.2) is 53.4 Å². The van der Waals surface area contributed by atoms with Gasteiger partial charge >= 0.3 is 0 Å². The second-order valence-electron chi connectivity index (χ2n) is 8.94. The van der Waals surface area contributed by atoms with Crippen LogP contribution >= 0.6 is 23.4 Å². The molecule has 2 amide bonds. The van der Waals surface area contributed by atoms with Gasteiger partial charge in [-0.25, -0.2) is 0 Å². The third-order valence-electron chi connectivity index (χ3n) is 6.17. The first-order chi connectivity index (χ1) is 15.9. The number of thioether (sulfide) groups is 1. The molecule has 1 aliphatic carbocycles. The van der Waals surface area contributed by atoms with Crippen molar-refractivity contribution in [2.24, 2.45) is 0 Å². The number of amides is 2. The second-order valence-corrected chi connectivity index (χ2v) is 10.5. The van der Waals surface area contributed by atoms with Crippen molar-refractivity contribution < 1.29 is 9.59 Å². The molecule has 0 radical (unpaired) electrons. The molecule has 0 aromatic heterocycles. The van der Waals surface area contributed by atoms with E-state index in [4.69, 9.17) is 11.6 Å². The number of halogens is 1. The van der Waals surface area contributed by atoms with Crippen LogP contribution in [-0.2, 0) is 16.1 Å². The standard InChI is InChI=1S/C27H35ClN2O2S/c1-20-8-6-9-22(18-20)19-30(21(2)27(32)29-24-10-4-3-5-11-24)26(31)12-7-17-33-25-15-13-23(28)14-16-25/h6,8-9,13-16,18,21,24H,3-5,7,10-12,17,19H2,1-2H3,(H,29,32)/t21-/m1/s1. The predicted octanol–water partition coefficient (Wildman–Crippen LogP) is 6.39. The maximum absolute atomic E-state index is 13.2. The Morgan fingerprint density at radius 3 is 2.55 bits per heavy atom. The van der Waals surface area contributed by atoms with Crippen LogP contribution in [0.1, 0.15) is 63.0 Å². The summed E-state index contributed by atoms with van der Waals surface area (Å²) in [6, 6.07) is 15.6. The summed E-state index contributed by atoms with van der Waals surface area (Å²) in [5.41, 5.74) is 2.20. The van der Waals surface area contributed by atoms with E-state index in [1.807, 2.05) is 56.3 Å². The van der Waals surface area contributed by atoms with Crippen LogP contribution in [-0.4, -0.2) is 34.6 Å². The van der Waals surface area contributed by atoms with Gasteiger partial charge in [0.25, 0.3) is 0 Å². The molecule has 2 aromatic rings. The summed E-state index contributed by atoms with van der Waals surface area (Å²) in [6.07, 6.45) is 6.82. The summed E-state index contributed by atoms with van der Waals surface area (Å²) in [4.78, 5) is 29.2. The average Bonchev–Trinajstić information content (AvgIpc) is 2.81. The number of benzene rings is 2. The van der Waals surface area contributed by atoms with E-state index in [-0.39, 0.29) is 17.9 Å². The lowest BCUT2D eigenvalue weighted by Gasteiger charge is -2.31. The maximum Gasteiger partial charge on any atom is 0.242 e. The fraction of sp³-hybridized carbons (Fsp3) is 0.481. The number of carbonyl (C=O) groups is 2. The first kappa shape index (κ1) is 25.6. The Bertz CT molecular complexity index is 913. The quantitative estimate of drug-likeness (QED) is 0.313. The average molecular weight is 487 g/mol. The highest BCUT2D eigenvalue weighted by molar-refractivity contribution is 7.99. The molecule has 0 bridgehead atoms. The van der Waals surface area contributed by atoms with Crippen molar-refractivity contribution in [1.82, 2.24) is 10.2 Å². The molecule has 178 valence electrons. The van der Waals surface area contributed by atoms with E-state index in [1.54, 1.807) is 16.7 Å². The molecule has 2 aromatic carbocycles. The van der Waals surface area contributed by atoms with Gasteiger partial charge in [-0.15, -0.1) is 11.8 Å². The molecule has 0 aliphatic heterocycles.